The highest BCUT2D eigenvalue weighted by Crippen LogP contribution is 2.45. The first-order valence-corrected chi connectivity index (χ1v) is 12.2. The minimum absolute atomic E-state index is 0.363. The Morgan fingerprint density at radius 1 is 1.13 bits per heavy atom. The number of likely N-dealkylation sites (tertiary alicyclic amines) is 1. The fourth-order valence-corrected chi connectivity index (χ4v) is 7.04. The van der Waals surface area contributed by atoms with Gasteiger partial charge < -0.3 is 9.64 Å². The molecule has 4 heteroatoms. The summed E-state index contributed by atoms with van der Waals surface area (Å²) in [5.41, 5.74) is 4.17. The summed E-state index contributed by atoms with van der Waals surface area (Å²) < 4.78 is 5.62. The van der Waals surface area contributed by atoms with E-state index in [0.29, 0.717) is 24.3 Å². The first-order valence-electron chi connectivity index (χ1n) is 12.2. The average Bonchev–Trinajstić information content (AvgIpc) is 3.25. The molecule has 1 amide bonds. The van der Waals surface area contributed by atoms with Gasteiger partial charge in [-0.2, -0.15) is 0 Å². The van der Waals surface area contributed by atoms with Crippen LogP contribution in [0, 0.1) is 11.8 Å². The fraction of sp³-hybridized carbons (Fsp3) is 0.654. The molecule has 0 saturated carbocycles. The maximum Gasteiger partial charge on any atom is 0.223 e. The lowest BCUT2D eigenvalue weighted by atomic mass is 9.68. The molecular weight excluding hydrogens is 372 g/mol. The summed E-state index contributed by atoms with van der Waals surface area (Å²) in [5, 5.41) is 0. The van der Waals surface area contributed by atoms with Gasteiger partial charge in [-0.05, 0) is 74.1 Å². The molecule has 1 aliphatic carbocycles. The van der Waals surface area contributed by atoms with Gasteiger partial charge >= 0.3 is 0 Å². The number of ether oxygens (including phenoxy) is 1. The van der Waals surface area contributed by atoms with E-state index in [9.17, 15) is 4.79 Å². The van der Waals surface area contributed by atoms with Crippen molar-refractivity contribution in [2.24, 2.45) is 11.8 Å². The number of carbonyl (C=O) groups excluding carboxylic acids is 1. The molecule has 3 saturated heterocycles. The Balaban J connectivity index is 1.17. The van der Waals surface area contributed by atoms with Crippen LogP contribution in [-0.2, 0) is 17.6 Å². The van der Waals surface area contributed by atoms with E-state index in [-0.39, 0.29) is 0 Å². The van der Waals surface area contributed by atoms with Crippen molar-refractivity contribution in [2.45, 2.75) is 69.9 Å². The van der Waals surface area contributed by atoms with E-state index in [1.165, 1.54) is 56.3 Å². The second kappa shape index (κ2) is 7.71. The predicted molar refractivity (Wildman–Crippen MR) is 118 cm³/mol. The summed E-state index contributed by atoms with van der Waals surface area (Å²) in [5.74, 6) is 2.77. The summed E-state index contributed by atoms with van der Waals surface area (Å²) in [6.45, 7) is 4.22. The van der Waals surface area contributed by atoms with Crippen molar-refractivity contribution >= 4 is 5.91 Å². The second-order valence-electron chi connectivity index (χ2n) is 10.1. The van der Waals surface area contributed by atoms with Gasteiger partial charge in [-0.3, -0.25) is 9.69 Å². The van der Waals surface area contributed by atoms with Crippen LogP contribution in [-0.4, -0.2) is 54.0 Å². The molecule has 5 aliphatic rings. The molecule has 1 aromatic carbocycles. The van der Waals surface area contributed by atoms with Gasteiger partial charge in [0, 0.05) is 32.0 Å². The molecule has 2 bridgehead atoms. The molecule has 30 heavy (non-hydrogen) atoms. The third kappa shape index (κ3) is 3.28. The van der Waals surface area contributed by atoms with Crippen molar-refractivity contribution in [2.75, 3.05) is 26.2 Å². The van der Waals surface area contributed by atoms with Crippen molar-refractivity contribution in [3.05, 3.63) is 41.0 Å². The monoisotopic (exact) mass is 406 g/mol. The van der Waals surface area contributed by atoms with Crippen LogP contribution in [0.4, 0.5) is 0 Å². The molecule has 1 aromatic rings. The molecule has 4 aliphatic heterocycles. The van der Waals surface area contributed by atoms with Gasteiger partial charge in [0.1, 0.15) is 5.75 Å². The molecule has 0 N–H and O–H groups in total. The Hall–Kier alpha value is -1.81. The van der Waals surface area contributed by atoms with Crippen LogP contribution < -0.4 is 4.74 Å². The third-order valence-electron chi connectivity index (χ3n) is 8.36. The Labute approximate surface area is 180 Å². The van der Waals surface area contributed by atoms with E-state index in [0.717, 1.165) is 50.1 Å². The number of amides is 1. The Morgan fingerprint density at radius 2 is 2.10 bits per heavy atom. The number of hydrogen-bond donors (Lipinski definition) is 0. The summed E-state index contributed by atoms with van der Waals surface area (Å²) in [4.78, 5) is 18.4. The zero-order valence-corrected chi connectivity index (χ0v) is 18.0. The highest BCUT2D eigenvalue weighted by Gasteiger charge is 2.46. The minimum Gasteiger partial charge on any atom is -0.493 e. The third-order valence-corrected chi connectivity index (χ3v) is 8.36. The van der Waals surface area contributed by atoms with E-state index in [1.54, 1.807) is 5.57 Å². The smallest absolute Gasteiger partial charge is 0.223 e. The molecule has 3 fully saturated rings. The van der Waals surface area contributed by atoms with Gasteiger partial charge in [-0.15, -0.1) is 0 Å². The number of aryl methyl sites for hydroxylation is 1. The largest absolute Gasteiger partial charge is 0.493 e. The van der Waals surface area contributed by atoms with Crippen molar-refractivity contribution in [3.8, 4) is 5.75 Å². The predicted octanol–water partition coefficient (Wildman–Crippen LogP) is 3.98. The lowest BCUT2D eigenvalue weighted by Crippen LogP contribution is -2.60. The molecule has 4 atom stereocenters. The van der Waals surface area contributed by atoms with Gasteiger partial charge in [-0.1, -0.05) is 30.2 Å². The van der Waals surface area contributed by atoms with E-state index < -0.39 is 0 Å². The second-order valence-corrected chi connectivity index (χ2v) is 10.1. The standard InChI is InChI=1S/C26H34N2O2/c29-25(9-7-18-6-8-24-19(14-18)10-13-30-24)28-12-3-4-20-15-21-16-22(26(20)28)17-27-11-2-1-5-23(21)27/h6,8,14-15,21-23,26H,1-5,7,9-13,16-17H2/t21-,22+,23-,26-/m1/s1. The molecule has 160 valence electrons. The van der Waals surface area contributed by atoms with E-state index in [4.69, 9.17) is 4.74 Å². The number of benzene rings is 1. The van der Waals surface area contributed by atoms with Crippen molar-refractivity contribution in [1.82, 2.24) is 9.80 Å². The maximum absolute atomic E-state index is 13.4. The Bertz CT molecular complexity index is 863. The molecule has 0 radical (unpaired) electrons. The first-order chi connectivity index (χ1) is 14.8. The average molecular weight is 407 g/mol. The summed E-state index contributed by atoms with van der Waals surface area (Å²) in [7, 11) is 0. The van der Waals surface area contributed by atoms with Crippen LogP contribution in [0.5, 0.6) is 5.75 Å². The zero-order chi connectivity index (χ0) is 20.1. The summed E-state index contributed by atoms with van der Waals surface area (Å²) in [6, 6.07) is 7.63. The minimum atomic E-state index is 0.363. The molecule has 6 rings (SSSR count). The topological polar surface area (TPSA) is 32.8 Å². The van der Waals surface area contributed by atoms with Crippen LogP contribution in [0.1, 0.15) is 56.1 Å². The highest BCUT2D eigenvalue weighted by molar-refractivity contribution is 5.77. The van der Waals surface area contributed by atoms with Gasteiger partial charge in [0.05, 0.1) is 12.6 Å². The number of piperidine rings is 3. The van der Waals surface area contributed by atoms with Gasteiger partial charge in [0.25, 0.3) is 0 Å². The van der Waals surface area contributed by atoms with Crippen LogP contribution in [0.25, 0.3) is 0 Å². The SMILES string of the molecule is O=C(CCc1ccc2c(c1)CCO2)N1CCCC2=C[C@@H]3C[C@@H](CN4CCCC[C@H]34)[C@@H]21. The number of fused-ring (bicyclic) bond motifs is 7. The number of rotatable bonds is 3. The molecular formula is C26H34N2O2. The number of hydrogen-bond acceptors (Lipinski definition) is 3. The normalized spacial score (nSPS) is 32.5. The molecule has 4 heterocycles. The van der Waals surface area contributed by atoms with Crippen LogP contribution in [0.3, 0.4) is 0 Å². The zero-order valence-electron chi connectivity index (χ0n) is 18.0. The van der Waals surface area contributed by atoms with E-state index in [1.807, 2.05) is 0 Å². The lowest BCUT2D eigenvalue weighted by molar-refractivity contribution is -0.136. The van der Waals surface area contributed by atoms with Gasteiger partial charge in [0.15, 0.2) is 0 Å². The van der Waals surface area contributed by atoms with Gasteiger partial charge in [-0.25, -0.2) is 0 Å². The molecule has 0 spiro atoms. The Morgan fingerprint density at radius 3 is 3.07 bits per heavy atom. The highest BCUT2D eigenvalue weighted by atomic mass is 16.5. The fourth-order valence-electron chi connectivity index (χ4n) is 7.04. The molecule has 0 aromatic heterocycles. The maximum atomic E-state index is 13.4. The van der Waals surface area contributed by atoms with Crippen LogP contribution >= 0.6 is 0 Å². The van der Waals surface area contributed by atoms with Crippen LogP contribution in [0.15, 0.2) is 29.8 Å². The van der Waals surface area contributed by atoms with Crippen molar-refractivity contribution < 1.29 is 9.53 Å². The first kappa shape index (κ1) is 18.9. The Kier molecular flexibility index (Phi) is 4.86. The van der Waals surface area contributed by atoms with Gasteiger partial charge in [0.2, 0.25) is 5.91 Å². The van der Waals surface area contributed by atoms with E-state index >= 15 is 0 Å². The van der Waals surface area contributed by atoms with Crippen LogP contribution in [0.2, 0.25) is 0 Å². The van der Waals surface area contributed by atoms with Crippen molar-refractivity contribution in [1.29, 1.82) is 0 Å². The lowest BCUT2D eigenvalue weighted by Gasteiger charge is -2.54. The summed E-state index contributed by atoms with van der Waals surface area (Å²) in [6.07, 6.45) is 12.9. The quantitative estimate of drug-likeness (QED) is 0.712. The van der Waals surface area contributed by atoms with Crippen molar-refractivity contribution in [3.63, 3.8) is 0 Å². The molecule has 4 nitrogen and oxygen atoms in total. The van der Waals surface area contributed by atoms with E-state index in [2.05, 4.69) is 34.1 Å². The number of carbonyl (C=O) groups is 1. The number of nitrogens with zero attached hydrogens (tertiary/aromatic N) is 2. The molecule has 0 unspecified atom stereocenters. The summed E-state index contributed by atoms with van der Waals surface area (Å²) >= 11 is 0.